The molecule has 1 atom stereocenters. The number of carbonyl (C=O) groups excluding carboxylic acids is 1. The fourth-order valence-electron chi connectivity index (χ4n) is 2.67. The average Bonchev–Trinajstić information content (AvgIpc) is 2.30. The third-order valence-corrected chi connectivity index (χ3v) is 4.02. The first-order valence-corrected chi connectivity index (χ1v) is 6.99. The van der Waals surface area contributed by atoms with Crippen LogP contribution in [0.2, 0.25) is 0 Å². The number of nitrogens with one attached hydrogen (secondary N) is 2. The van der Waals surface area contributed by atoms with Gasteiger partial charge in [-0.3, -0.25) is 4.79 Å². The number of carbonyl (C=O) groups is 1. The van der Waals surface area contributed by atoms with Crippen LogP contribution in [-0.2, 0) is 4.79 Å². The van der Waals surface area contributed by atoms with Crippen molar-refractivity contribution in [2.75, 3.05) is 13.6 Å². The molecule has 2 N–H and O–H groups in total. The lowest BCUT2D eigenvalue weighted by Gasteiger charge is -2.31. The second-order valence-electron chi connectivity index (χ2n) is 5.82. The maximum absolute atomic E-state index is 11.9. The van der Waals surface area contributed by atoms with Crippen LogP contribution in [0.25, 0.3) is 0 Å². The minimum Gasteiger partial charge on any atom is -0.353 e. The van der Waals surface area contributed by atoms with Crippen LogP contribution in [0.4, 0.5) is 0 Å². The van der Waals surface area contributed by atoms with Gasteiger partial charge in [0.1, 0.15) is 0 Å². The molecule has 0 aromatic rings. The second-order valence-corrected chi connectivity index (χ2v) is 5.82. The lowest BCUT2D eigenvalue weighted by Crippen LogP contribution is -2.42. The van der Waals surface area contributed by atoms with Gasteiger partial charge in [-0.25, -0.2) is 0 Å². The highest BCUT2D eigenvalue weighted by atomic mass is 16.1. The van der Waals surface area contributed by atoms with Gasteiger partial charge in [-0.1, -0.05) is 20.8 Å². The van der Waals surface area contributed by atoms with Gasteiger partial charge < -0.3 is 10.6 Å². The quantitative estimate of drug-likeness (QED) is 0.773. The smallest absolute Gasteiger partial charge is 0.224 e. The summed E-state index contributed by atoms with van der Waals surface area (Å²) in [6.45, 7) is 7.34. The predicted molar refractivity (Wildman–Crippen MR) is 71.8 cm³/mol. The van der Waals surface area contributed by atoms with Crippen molar-refractivity contribution in [3.05, 3.63) is 0 Å². The maximum Gasteiger partial charge on any atom is 0.224 e. The molecule has 1 fully saturated rings. The predicted octanol–water partition coefficient (Wildman–Crippen LogP) is 2.17. The van der Waals surface area contributed by atoms with E-state index in [1.807, 2.05) is 14.0 Å². The van der Waals surface area contributed by atoms with Crippen molar-refractivity contribution >= 4 is 5.91 Å². The van der Waals surface area contributed by atoms with E-state index in [2.05, 4.69) is 24.5 Å². The Morgan fingerprint density at radius 3 is 2.24 bits per heavy atom. The molecule has 3 heteroatoms. The number of rotatable bonds is 5. The minimum atomic E-state index is 0.0721. The van der Waals surface area contributed by atoms with Crippen LogP contribution in [0.3, 0.4) is 0 Å². The highest BCUT2D eigenvalue weighted by Gasteiger charge is 2.25. The summed E-state index contributed by atoms with van der Waals surface area (Å²) in [4.78, 5) is 11.9. The van der Waals surface area contributed by atoms with Crippen molar-refractivity contribution < 1.29 is 4.79 Å². The van der Waals surface area contributed by atoms with Crippen LogP contribution < -0.4 is 10.6 Å². The van der Waals surface area contributed by atoms with E-state index >= 15 is 0 Å². The standard InChI is InChI=1S/C14H28N2O/c1-10(2)12-5-7-13(8-6-12)16-14(17)11(3)9-15-4/h10-13,15H,5-9H2,1-4H3,(H,16,17). The van der Waals surface area contributed by atoms with Crippen LogP contribution in [0.1, 0.15) is 46.5 Å². The van der Waals surface area contributed by atoms with E-state index in [0.717, 1.165) is 31.2 Å². The highest BCUT2D eigenvalue weighted by Crippen LogP contribution is 2.29. The molecular weight excluding hydrogens is 212 g/mol. The Labute approximate surface area is 106 Å². The number of hydrogen-bond donors (Lipinski definition) is 2. The van der Waals surface area contributed by atoms with Gasteiger partial charge >= 0.3 is 0 Å². The minimum absolute atomic E-state index is 0.0721. The molecule has 0 spiro atoms. The van der Waals surface area contributed by atoms with Crippen molar-refractivity contribution in [2.24, 2.45) is 17.8 Å². The lowest BCUT2D eigenvalue weighted by atomic mass is 9.79. The van der Waals surface area contributed by atoms with Crippen LogP contribution in [0.15, 0.2) is 0 Å². The van der Waals surface area contributed by atoms with Crippen LogP contribution >= 0.6 is 0 Å². The third-order valence-electron chi connectivity index (χ3n) is 4.02. The summed E-state index contributed by atoms with van der Waals surface area (Å²) in [7, 11) is 1.89. The van der Waals surface area contributed by atoms with Crippen LogP contribution in [-0.4, -0.2) is 25.5 Å². The summed E-state index contributed by atoms with van der Waals surface area (Å²) in [5.41, 5.74) is 0. The first kappa shape index (κ1) is 14.5. The highest BCUT2D eigenvalue weighted by molar-refractivity contribution is 5.78. The first-order valence-electron chi connectivity index (χ1n) is 6.99. The topological polar surface area (TPSA) is 41.1 Å². The van der Waals surface area contributed by atoms with E-state index in [-0.39, 0.29) is 11.8 Å². The van der Waals surface area contributed by atoms with Gasteiger partial charge in [0.05, 0.1) is 0 Å². The van der Waals surface area contributed by atoms with Crippen LogP contribution in [0, 0.1) is 17.8 Å². The monoisotopic (exact) mass is 240 g/mol. The molecule has 0 heterocycles. The Hall–Kier alpha value is -0.570. The van der Waals surface area contributed by atoms with E-state index in [4.69, 9.17) is 0 Å². The molecule has 1 unspecified atom stereocenters. The van der Waals surface area contributed by atoms with Gasteiger partial charge in [-0.15, -0.1) is 0 Å². The summed E-state index contributed by atoms with van der Waals surface area (Å²) >= 11 is 0. The SMILES string of the molecule is CNCC(C)C(=O)NC1CCC(C(C)C)CC1. The molecule has 0 saturated heterocycles. The largest absolute Gasteiger partial charge is 0.353 e. The summed E-state index contributed by atoms with van der Waals surface area (Å²) in [5.74, 6) is 1.92. The Morgan fingerprint density at radius 1 is 1.18 bits per heavy atom. The van der Waals surface area contributed by atoms with Crippen molar-refractivity contribution in [1.82, 2.24) is 10.6 Å². The second kappa shape index (κ2) is 7.00. The molecule has 1 aliphatic rings. The van der Waals surface area contributed by atoms with E-state index in [1.165, 1.54) is 12.8 Å². The Morgan fingerprint density at radius 2 is 1.76 bits per heavy atom. The normalized spacial score (nSPS) is 26.9. The zero-order chi connectivity index (χ0) is 12.8. The van der Waals surface area contributed by atoms with Gasteiger partial charge in [-0.05, 0) is 44.6 Å². The van der Waals surface area contributed by atoms with Gasteiger partial charge in [0.2, 0.25) is 5.91 Å². The fourth-order valence-corrected chi connectivity index (χ4v) is 2.67. The zero-order valence-corrected chi connectivity index (χ0v) is 11.8. The number of hydrogen-bond acceptors (Lipinski definition) is 2. The molecular formula is C14H28N2O. The maximum atomic E-state index is 11.9. The van der Waals surface area contributed by atoms with Crippen LogP contribution in [0.5, 0.6) is 0 Å². The summed E-state index contributed by atoms with van der Waals surface area (Å²) < 4.78 is 0. The molecule has 0 aromatic heterocycles. The Bertz CT molecular complexity index is 232. The van der Waals surface area contributed by atoms with Crippen molar-refractivity contribution in [1.29, 1.82) is 0 Å². The van der Waals surface area contributed by atoms with E-state index < -0.39 is 0 Å². The molecule has 1 aliphatic carbocycles. The molecule has 17 heavy (non-hydrogen) atoms. The Kier molecular flexibility index (Phi) is 5.96. The number of amides is 1. The molecule has 0 radical (unpaired) electrons. The van der Waals surface area contributed by atoms with Crippen molar-refractivity contribution in [2.45, 2.75) is 52.5 Å². The third kappa shape index (κ3) is 4.66. The van der Waals surface area contributed by atoms with Crippen molar-refractivity contribution in [3.63, 3.8) is 0 Å². The molecule has 100 valence electrons. The summed E-state index contributed by atoms with van der Waals surface area (Å²) in [6, 6.07) is 0.414. The van der Waals surface area contributed by atoms with E-state index in [0.29, 0.717) is 6.04 Å². The molecule has 1 amide bonds. The van der Waals surface area contributed by atoms with Gasteiger partial charge in [0.25, 0.3) is 0 Å². The van der Waals surface area contributed by atoms with E-state index in [9.17, 15) is 4.79 Å². The van der Waals surface area contributed by atoms with Gasteiger partial charge in [-0.2, -0.15) is 0 Å². The van der Waals surface area contributed by atoms with E-state index in [1.54, 1.807) is 0 Å². The molecule has 1 rings (SSSR count). The first-order chi connectivity index (χ1) is 8.04. The zero-order valence-electron chi connectivity index (χ0n) is 11.8. The molecule has 3 nitrogen and oxygen atoms in total. The summed E-state index contributed by atoms with van der Waals surface area (Å²) in [5, 5.41) is 6.23. The fraction of sp³-hybridized carbons (Fsp3) is 0.929. The molecule has 0 bridgehead atoms. The Balaban J connectivity index is 2.28. The molecule has 1 saturated carbocycles. The summed E-state index contributed by atoms with van der Waals surface area (Å²) in [6.07, 6.45) is 4.84. The molecule has 0 aliphatic heterocycles. The van der Waals surface area contributed by atoms with Crippen molar-refractivity contribution in [3.8, 4) is 0 Å². The van der Waals surface area contributed by atoms with Gasteiger partial charge in [0, 0.05) is 18.5 Å². The average molecular weight is 240 g/mol. The molecule has 0 aromatic carbocycles. The lowest BCUT2D eigenvalue weighted by molar-refractivity contribution is -0.125. The van der Waals surface area contributed by atoms with Gasteiger partial charge in [0.15, 0.2) is 0 Å².